The van der Waals surface area contributed by atoms with E-state index in [9.17, 15) is 9.90 Å². The van der Waals surface area contributed by atoms with E-state index in [0.717, 1.165) is 16.3 Å². The van der Waals surface area contributed by atoms with E-state index >= 15 is 0 Å². The van der Waals surface area contributed by atoms with Crippen LogP contribution in [0.15, 0.2) is 45.4 Å². The van der Waals surface area contributed by atoms with Crippen LogP contribution in [0.25, 0.3) is 0 Å². The molecule has 9 nitrogen and oxygen atoms in total. The third-order valence-electron chi connectivity index (χ3n) is 3.51. The SMILES string of the molecule is COc1ccc(COc2cc(CO/N=C(\C(=O)O)c3csc(C)n3)on2)cc1. The zero-order chi connectivity index (χ0) is 19.9. The van der Waals surface area contributed by atoms with Crippen LogP contribution in [0.1, 0.15) is 22.0 Å². The first-order chi connectivity index (χ1) is 13.5. The third-order valence-corrected chi connectivity index (χ3v) is 4.28. The van der Waals surface area contributed by atoms with Crippen molar-refractivity contribution in [1.82, 2.24) is 10.1 Å². The highest BCUT2D eigenvalue weighted by Gasteiger charge is 2.17. The minimum Gasteiger partial charge on any atom is -0.497 e. The maximum Gasteiger partial charge on any atom is 0.360 e. The fourth-order valence-electron chi connectivity index (χ4n) is 2.14. The van der Waals surface area contributed by atoms with Crippen molar-refractivity contribution in [2.75, 3.05) is 7.11 Å². The van der Waals surface area contributed by atoms with Crippen molar-refractivity contribution in [2.24, 2.45) is 5.16 Å². The highest BCUT2D eigenvalue weighted by atomic mass is 32.1. The second kappa shape index (κ2) is 9.00. The van der Waals surface area contributed by atoms with Crippen LogP contribution in [-0.2, 0) is 22.8 Å². The predicted octanol–water partition coefficient (Wildman–Crippen LogP) is 3.03. The summed E-state index contributed by atoms with van der Waals surface area (Å²) < 4.78 is 15.7. The molecule has 2 aromatic heterocycles. The smallest absolute Gasteiger partial charge is 0.360 e. The van der Waals surface area contributed by atoms with Gasteiger partial charge in [0.1, 0.15) is 18.1 Å². The van der Waals surface area contributed by atoms with Gasteiger partial charge in [0.15, 0.2) is 12.4 Å². The minimum atomic E-state index is -1.23. The summed E-state index contributed by atoms with van der Waals surface area (Å²) in [7, 11) is 1.60. The van der Waals surface area contributed by atoms with Crippen LogP contribution in [0.5, 0.6) is 11.6 Å². The Morgan fingerprint density at radius 2 is 2.07 bits per heavy atom. The van der Waals surface area contributed by atoms with Gasteiger partial charge in [-0.15, -0.1) is 11.3 Å². The number of aryl methyl sites for hydroxylation is 1. The number of oxime groups is 1. The topological polar surface area (TPSA) is 116 Å². The molecular weight excluding hydrogens is 386 g/mol. The summed E-state index contributed by atoms with van der Waals surface area (Å²) >= 11 is 1.33. The molecule has 0 aliphatic heterocycles. The first kappa shape index (κ1) is 19.4. The fourth-order valence-corrected chi connectivity index (χ4v) is 2.73. The minimum absolute atomic E-state index is 0.0984. The van der Waals surface area contributed by atoms with Crippen molar-refractivity contribution in [1.29, 1.82) is 0 Å². The molecule has 0 fully saturated rings. The molecule has 0 aliphatic rings. The van der Waals surface area contributed by atoms with Crippen LogP contribution >= 0.6 is 11.3 Å². The number of carboxylic acid groups (broad SMARTS) is 1. The Hall–Kier alpha value is -3.40. The molecule has 0 bridgehead atoms. The number of carboxylic acids is 1. The number of ether oxygens (including phenoxy) is 2. The average Bonchev–Trinajstić information content (AvgIpc) is 3.32. The van der Waals surface area contributed by atoms with Crippen LogP contribution in [0.4, 0.5) is 0 Å². The highest BCUT2D eigenvalue weighted by molar-refractivity contribution is 7.09. The van der Waals surface area contributed by atoms with Gasteiger partial charge in [0.05, 0.1) is 12.1 Å². The molecule has 0 spiro atoms. The first-order valence-electron chi connectivity index (χ1n) is 8.12. The Labute approximate surface area is 164 Å². The molecule has 3 aromatic rings. The second-order valence-corrected chi connectivity index (χ2v) is 6.60. The van der Waals surface area contributed by atoms with E-state index in [1.165, 1.54) is 11.3 Å². The Balaban J connectivity index is 1.54. The maximum atomic E-state index is 11.3. The molecular formula is C18H17N3O6S. The quantitative estimate of drug-likeness (QED) is 0.428. The summed E-state index contributed by atoms with van der Waals surface area (Å²) in [6.45, 7) is 1.98. The molecule has 0 aliphatic carbocycles. The summed E-state index contributed by atoms with van der Waals surface area (Å²) in [6, 6.07) is 8.98. The van der Waals surface area contributed by atoms with E-state index < -0.39 is 5.97 Å². The van der Waals surface area contributed by atoms with Gasteiger partial charge >= 0.3 is 5.97 Å². The predicted molar refractivity (Wildman–Crippen MR) is 99.6 cm³/mol. The largest absolute Gasteiger partial charge is 0.497 e. The van der Waals surface area contributed by atoms with Crippen molar-refractivity contribution in [2.45, 2.75) is 20.1 Å². The lowest BCUT2D eigenvalue weighted by Gasteiger charge is -2.03. The van der Waals surface area contributed by atoms with E-state index in [0.29, 0.717) is 12.4 Å². The van der Waals surface area contributed by atoms with Gasteiger partial charge in [-0.05, 0) is 29.8 Å². The van der Waals surface area contributed by atoms with Gasteiger partial charge in [-0.1, -0.05) is 17.3 Å². The molecule has 1 N–H and O–H groups in total. The number of methoxy groups -OCH3 is 1. The molecule has 2 heterocycles. The molecule has 28 heavy (non-hydrogen) atoms. The second-order valence-electron chi connectivity index (χ2n) is 5.54. The van der Waals surface area contributed by atoms with Crippen LogP contribution in [-0.4, -0.2) is 34.0 Å². The number of thiazole rings is 1. The zero-order valence-corrected chi connectivity index (χ0v) is 15.9. The van der Waals surface area contributed by atoms with Gasteiger partial charge in [0, 0.05) is 11.4 Å². The number of aromatic nitrogens is 2. The number of nitrogens with zero attached hydrogens (tertiary/aromatic N) is 3. The van der Waals surface area contributed by atoms with Crippen molar-refractivity contribution >= 4 is 23.0 Å². The summed E-state index contributed by atoms with van der Waals surface area (Å²) in [5.41, 5.74) is 0.909. The van der Waals surface area contributed by atoms with Crippen LogP contribution in [0.3, 0.4) is 0 Å². The van der Waals surface area contributed by atoms with Crippen LogP contribution in [0.2, 0.25) is 0 Å². The molecule has 10 heteroatoms. The Bertz CT molecular complexity index is 964. The third kappa shape index (κ3) is 5.07. The highest BCUT2D eigenvalue weighted by Crippen LogP contribution is 2.17. The first-order valence-corrected chi connectivity index (χ1v) is 9.00. The normalized spacial score (nSPS) is 11.3. The summed E-state index contributed by atoms with van der Waals surface area (Å²) in [6.07, 6.45) is 0. The Kier molecular flexibility index (Phi) is 6.22. The van der Waals surface area contributed by atoms with E-state index in [1.807, 2.05) is 24.3 Å². The number of carbonyl (C=O) groups is 1. The van der Waals surface area contributed by atoms with Crippen LogP contribution < -0.4 is 9.47 Å². The number of benzene rings is 1. The van der Waals surface area contributed by atoms with Gasteiger partial charge in [-0.25, -0.2) is 9.78 Å². The van der Waals surface area contributed by atoms with E-state index in [4.69, 9.17) is 18.8 Å². The number of rotatable bonds is 9. The molecule has 3 rings (SSSR count). The fraction of sp³-hybridized carbons (Fsp3) is 0.222. The number of hydrogen-bond donors (Lipinski definition) is 1. The van der Waals surface area contributed by atoms with Gasteiger partial charge in [-0.3, -0.25) is 0 Å². The Morgan fingerprint density at radius 3 is 2.71 bits per heavy atom. The standard InChI is InChI=1S/C18H17N3O6S/c1-11-19-15(10-28-11)17(18(22)23)21-26-9-14-7-16(20-27-14)25-8-12-3-5-13(24-2)6-4-12/h3-7,10H,8-9H2,1-2H3,(H,22,23)/b21-17-. The van der Waals surface area contributed by atoms with Crippen molar-refractivity contribution in [3.8, 4) is 11.6 Å². The zero-order valence-electron chi connectivity index (χ0n) is 15.1. The summed E-state index contributed by atoms with van der Waals surface area (Å²) in [5.74, 6) is 0.157. The van der Waals surface area contributed by atoms with Gasteiger partial charge in [0.2, 0.25) is 5.71 Å². The van der Waals surface area contributed by atoms with Crippen molar-refractivity contribution < 1.29 is 28.7 Å². The maximum absolute atomic E-state index is 11.3. The van der Waals surface area contributed by atoms with Gasteiger partial charge < -0.3 is 23.9 Å². The van der Waals surface area contributed by atoms with Gasteiger partial charge in [0.25, 0.3) is 5.88 Å². The van der Waals surface area contributed by atoms with Crippen molar-refractivity contribution in [3.63, 3.8) is 0 Å². The molecule has 0 radical (unpaired) electrons. The Morgan fingerprint density at radius 1 is 1.29 bits per heavy atom. The molecule has 0 saturated carbocycles. The van der Waals surface area contributed by atoms with Gasteiger partial charge in [-0.2, -0.15) is 0 Å². The summed E-state index contributed by atoms with van der Waals surface area (Å²) in [4.78, 5) is 20.5. The molecule has 0 unspecified atom stereocenters. The lowest BCUT2D eigenvalue weighted by Crippen LogP contribution is -2.15. The molecule has 1 aromatic carbocycles. The molecule has 0 saturated heterocycles. The van der Waals surface area contributed by atoms with E-state index in [1.54, 1.807) is 25.5 Å². The van der Waals surface area contributed by atoms with E-state index in [2.05, 4.69) is 15.3 Å². The number of hydrogen-bond acceptors (Lipinski definition) is 9. The molecule has 0 atom stereocenters. The van der Waals surface area contributed by atoms with E-state index in [-0.39, 0.29) is 23.9 Å². The van der Waals surface area contributed by atoms with Crippen molar-refractivity contribution in [3.05, 3.63) is 57.7 Å². The summed E-state index contributed by atoms with van der Waals surface area (Å²) in [5, 5.41) is 19.0. The number of aliphatic carboxylic acids is 1. The van der Waals surface area contributed by atoms with Crippen LogP contribution in [0, 0.1) is 6.92 Å². The monoisotopic (exact) mass is 403 g/mol. The lowest BCUT2D eigenvalue weighted by molar-refractivity contribution is -0.129. The molecule has 146 valence electrons. The lowest BCUT2D eigenvalue weighted by atomic mass is 10.2. The average molecular weight is 403 g/mol. The molecule has 0 amide bonds.